The maximum atomic E-state index is 12.7. The standard InChI is InChI=1S/C52H96O5/c1-3-5-7-9-11-13-15-17-19-21-23-25-27-29-31-33-35-37-39-41-43-52(48(51(55)56)46(50(53)54)45-47-49(52)57-47)44-42-40-38-36-34-32-30-28-26-24-22-20-18-16-14-12-10-8-6-4-2/h47,49H,3-45H2,1-2H3,(H,53,54)(H,55,56). The minimum Gasteiger partial charge on any atom is -0.478 e. The number of unbranched alkanes of at least 4 members (excludes halogenated alkanes) is 38. The fraction of sp³-hybridized carbons (Fsp3) is 0.923. The number of carboxylic acid groups (broad SMARTS) is 2. The summed E-state index contributed by atoms with van der Waals surface area (Å²) in [5.74, 6) is -2.11. The number of fused-ring (bicyclic) bond motifs is 1. The number of epoxide rings is 1. The van der Waals surface area contributed by atoms with Crippen molar-refractivity contribution in [3.63, 3.8) is 0 Å². The molecular formula is C52H96O5. The molecule has 2 rings (SSSR count). The molecule has 1 saturated heterocycles. The molecule has 334 valence electrons. The van der Waals surface area contributed by atoms with Crippen molar-refractivity contribution in [2.75, 3.05) is 0 Å². The molecular weight excluding hydrogens is 705 g/mol. The fourth-order valence-corrected chi connectivity index (χ4v) is 10.1. The van der Waals surface area contributed by atoms with Gasteiger partial charge in [-0.2, -0.15) is 0 Å². The van der Waals surface area contributed by atoms with Gasteiger partial charge in [0.1, 0.15) is 0 Å². The predicted octanol–water partition coefficient (Wildman–Crippen LogP) is 17.0. The van der Waals surface area contributed by atoms with E-state index in [0.29, 0.717) is 0 Å². The van der Waals surface area contributed by atoms with Gasteiger partial charge in [-0.15, -0.1) is 0 Å². The van der Waals surface area contributed by atoms with Crippen LogP contribution in [0.25, 0.3) is 0 Å². The molecule has 1 heterocycles. The Labute approximate surface area is 354 Å². The molecule has 1 aliphatic carbocycles. The lowest BCUT2D eigenvalue weighted by Crippen LogP contribution is -2.40. The number of hydrogen-bond acceptors (Lipinski definition) is 3. The van der Waals surface area contributed by atoms with E-state index in [0.717, 1.165) is 38.5 Å². The molecule has 0 radical (unpaired) electrons. The summed E-state index contributed by atoms with van der Waals surface area (Å²) >= 11 is 0. The van der Waals surface area contributed by atoms with Crippen LogP contribution in [0.3, 0.4) is 0 Å². The molecule has 0 spiro atoms. The molecule has 1 fully saturated rings. The van der Waals surface area contributed by atoms with E-state index in [1.54, 1.807) is 0 Å². The first-order chi connectivity index (χ1) is 28.0. The molecule has 57 heavy (non-hydrogen) atoms. The number of carboxylic acids is 2. The van der Waals surface area contributed by atoms with Crippen LogP contribution in [-0.4, -0.2) is 34.4 Å². The van der Waals surface area contributed by atoms with Crippen molar-refractivity contribution in [1.29, 1.82) is 0 Å². The Balaban J connectivity index is 1.54. The van der Waals surface area contributed by atoms with Crippen molar-refractivity contribution >= 4 is 11.9 Å². The Bertz CT molecular complexity index is 958. The topological polar surface area (TPSA) is 87.1 Å². The highest BCUT2D eigenvalue weighted by molar-refractivity contribution is 6.00. The van der Waals surface area contributed by atoms with Gasteiger partial charge in [0.05, 0.1) is 23.4 Å². The molecule has 2 unspecified atom stereocenters. The van der Waals surface area contributed by atoms with E-state index in [4.69, 9.17) is 4.74 Å². The van der Waals surface area contributed by atoms with Gasteiger partial charge in [0.15, 0.2) is 0 Å². The lowest BCUT2D eigenvalue weighted by molar-refractivity contribution is -0.137. The second-order valence-electron chi connectivity index (χ2n) is 18.9. The minimum atomic E-state index is -1.07. The number of aliphatic carboxylic acids is 2. The lowest BCUT2D eigenvalue weighted by atomic mass is 9.64. The quantitative estimate of drug-likeness (QED) is 0.0473. The normalized spacial score (nSPS) is 17.3. The Kier molecular flexibility index (Phi) is 32.2. The Morgan fingerprint density at radius 3 is 0.895 bits per heavy atom. The van der Waals surface area contributed by atoms with E-state index in [2.05, 4.69) is 13.8 Å². The van der Waals surface area contributed by atoms with Crippen molar-refractivity contribution in [3.8, 4) is 0 Å². The van der Waals surface area contributed by atoms with E-state index < -0.39 is 17.4 Å². The number of carbonyl (C=O) groups is 2. The van der Waals surface area contributed by atoms with Crippen molar-refractivity contribution in [1.82, 2.24) is 0 Å². The summed E-state index contributed by atoms with van der Waals surface area (Å²) in [6.45, 7) is 4.58. The maximum absolute atomic E-state index is 12.7. The number of hydrogen-bond donors (Lipinski definition) is 2. The summed E-state index contributed by atoms with van der Waals surface area (Å²) in [6.07, 6.45) is 55.1. The lowest BCUT2D eigenvalue weighted by Gasteiger charge is -2.37. The van der Waals surface area contributed by atoms with Crippen molar-refractivity contribution in [3.05, 3.63) is 11.1 Å². The second kappa shape index (κ2) is 35.4. The summed E-state index contributed by atoms with van der Waals surface area (Å²) in [7, 11) is 0. The van der Waals surface area contributed by atoms with Crippen LogP contribution < -0.4 is 0 Å². The highest BCUT2D eigenvalue weighted by Crippen LogP contribution is 2.57. The van der Waals surface area contributed by atoms with Gasteiger partial charge in [0.25, 0.3) is 0 Å². The molecule has 0 bridgehead atoms. The zero-order valence-electron chi connectivity index (χ0n) is 38.2. The minimum absolute atomic E-state index is 0.0996. The van der Waals surface area contributed by atoms with Crippen LogP contribution in [0.4, 0.5) is 0 Å². The van der Waals surface area contributed by atoms with Gasteiger partial charge in [0.2, 0.25) is 0 Å². The van der Waals surface area contributed by atoms with E-state index in [1.165, 1.54) is 231 Å². The van der Waals surface area contributed by atoms with Gasteiger partial charge in [-0.25, -0.2) is 9.59 Å². The molecule has 2 aliphatic rings. The van der Waals surface area contributed by atoms with Gasteiger partial charge in [-0.05, 0) is 12.8 Å². The molecule has 0 amide bonds. The summed E-state index contributed by atoms with van der Waals surface area (Å²) in [5.41, 5.74) is -0.378. The molecule has 0 aromatic rings. The van der Waals surface area contributed by atoms with Crippen LogP contribution in [0.2, 0.25) is 0 Å². The van der Waals surface area contributed by atoms with Crippen LogP contribution >= 0.6 is 0 Å². The van der Waals surface area contributed by atoms with Gasteiger partial charge in [0, 0.05) is 11.8 Å². The largest absolute Gasteiger partial charge is 0.478 e. The van der Waals surface area contributed by atoms with Gasteiger partial charge in [-0.3, -0.25) is 0 Å². The van der Waals surface area contributed by atoms with Gasteiger partial charge >= 0.3 is 11.9 Å². The summed E-state index contributed by atoms with van der Waals surface area (Å²) in [6, 6.07) is 0. The summed E-state index contributed by atoms with van der Waals surface area (Å²) < 4.78 is 6.07. The van der Waals surface area contributed by atoms with E-state index in [-0.39, 0.29) is 29.8 Å². The molecule has 5 nitrogen and oxygen atoms in total. The molecule has 5 heteroatoms. The average Bonchev–Trinajstić information content (AvgIpc) is 4.00. The average molecular weight is 801 g/mol. The van der Waals surface area contributed by atoms with Crippen LogP contribution in [0.5, 0.6) is 0 Å². The molecule has 0 aromatic heterocycles. The third-order valence-corrected chi connectivity index (χ3v) is 13.8. The second-order valence-corrected chi connectivity index (χ2v) is 18.9. The van der Waals surface area contributed by atoms with Crippen molar-refractivity contribution < 1.29 is 24.5 Å². The predicted molar refractivity (Wildman–Crippen MR) is 243 cm³/mol. The van der Waals surface area contributed by atoms with E-state index in [9.17, 15) is 19.8 Å². The number of rotatable bonds is 44. The van der Waals surface area contributed by atoms with E-state index >= 15 is 0 Å². The first-order valence-corrected chi connectivity index (χ1v) is 25.8. The van der Waals surface area contributed by atoms with Gasteiger partial charge in [-0.1, -0.05) is 271 Å². The smallest absolute Gasteiger partial charge is 0.332 e. The Morgan fingerprint density at radius 2 is 0.667 bits per heavy atom. The van der Waals surface area contributed by atoms with Crippen LogP contribution in [-0.2, 0) is 14.3 Å². The van der Waals surface area contributed by atoms with Crippen LogP contribution in [0.1, 0.15) is 290 Å². The Morgan fingerprint density at radius 1 is 0.421 bits per heavy atom. The summed E-state index contributed by atoms with van der Waals surface area (Å²) in [4.78, 5) is 24.9. The van der Waals surface area contributed by atoms with Crippen LogP contribution in [0.15, 0.2) is 11.1 Å². The monoisotopic (exact) mass is 801 g/mol. The molecule has 1 aliphatic heterocycles. The van der Waals surface area contributed by atoms with Gasteiger partial charge < -0.3 is 14.9 Å². The number of ether oxygens (including phenoxy) is 1. The zero-order valence-corrected chi connectivity index (χ0v) is 38.2. The third kappa shape index (κ3) is 24.5. The molecule has 2 N–H and O–H groups in total. The Hall–Kier alpha value is -1.36. The van der Waals surface area contributed by atoms with E-state index in [1.807, 2.05) is 0 Å². The summed E-state index contributed by atoms with van der Waals surface area (Å²) in [5, 5.41) is 20.4. The van der Waals surface area contributed by atoms with Crippen molar-refractivity contribution in [2.24, 2.45) is 5.41 Å². The first-order valence-electron chi connectivity index (χ1n) is 25.8. The third-order valence-electron chi connectivity index (χ3n) is 13.8. The zero-order chi connectivity index (χ0) is 41.1. The molecule has 0 saturated carbocycles. The molecule has 0 aromatic carbocycles. The van der Waals surface area contributed by atoms with Crippen LogP contribution in [0, 0.1) is 5.41 Å². The highest BCUT2D eigenvalue weighted by atomic mass is 16.6. The maximum Gasteiger partial charge on any atom is 0.332 e. The first kappa shape index (κ1) is 51.8. The fourth-order valence-electron chi connectivity index (χ4n) is 10.1. The van der Waals surface area contributed by atoms with Crippen molar-refractivity contribution in [2.45, 2.75) is 302 Å². The SMILES string of the molecule is CCCCCCCCCCCCCCCCCCCCCCC1(CCCCCCCCCCCCCCCCCCCCCC)C(C(=O)O)=C(C(=O)O)CC2OC21. The molecule has 2 atom stereocenters. The highest BCUT2D eigenvalue weighted by Gasteiger charge is 2.61.